The molecule has 21 heavy (non-hydrogen) atoms. The molecule has 2 rings (SSSR count). The highest BCUT2D eigenvalue weighted by Crippen LogP contribution is 2.15. The minimum absolute atomic E-state index is 0.0289. The number of pyridine rings is 1. The van der Waals surface area contributed by atoms with E-state index in [1.54, 1.807) is 29.6 Å². The van der Waals surface area contributed by atoms with Crippen LogP contribution < -0.4 is 16.6 Å². The highest BCUT2D eigenvalue weighted by molar-refractivity contribution is 6.04. The SMILES string of the molecule is NC(=O)NC(=O)COC(=O)c1cc(=O)[nH]c2ccccc12. The van der Waals surface area contributed by atoms with Gasteiger partial charge in [0.1, 0.15) is 0 Å². The topological polar surface area (TPSA) is 131 Å². The van der Waals surface area contributed by atoms with Crippen molar-refractivity contribution in [2.45, 2.75) is 0 Å². The zero-order chi connectivity index (χ0) is 15.4. The number of aromatic amines is 1. The van der Waals surface area contributed by atoms with Crippen LogP contribution in [0.25, 0.3) is 10.9 Å². The molecule has 0 aliphatic heterocycles. The van der Waals surface area contributed by atoms with Gasteiger partial charge in [0.15, 0.2) is 6.61 Å². The molecule has 3 amide bonds. The number of esters is 1. The van der Waals surface area contributed by atoms with Gasteiger partial charge in [0.2, 0.25) is 5.56 Å². The number of hydrogen-bond acceptors (Lipinski definition) is 5. The number of imide groups is 1. The standard InChI is InChI=1S/C13H11N3O5/c14-13(20)16-11(18)6-21-12(19)8-5-10(17)15-9-4-2-1-3-7(8)9/h1-5H,6H2,(H,15,17)(H3,14,16,18,20). The number of benzene rings is 1. The van der Waals surface area contributed by atoms with Crippen molar-refractivity contribution in [3.63, 3.8) is 0 Å². The summed E-state index contributed by atoms with van der Waals surface area (Å²) in [4.78, 5) is 47.6. The van der Waals surface area contributed by atoms with Crippen LogP contribution in [0.3, 0.4) is 0 Å². The molecule has 2 aromatic rings. The number of urea groups is 1. The molecule has 0 bridgehead atoms. The number of para-hydroxylation sites is 1. The van der Waals surface area contributed by atoms with Crippen molar-refractivity contribution in [2.75, 3.05) is 6.61 Å². The molecule has 0 saturated heterocycles. The van der Waals surface area contributed by atoms with E-state index in [1.165, 1.54) is 0 Å². The molecule has 0 fully saturated rings. The fraction of sp³-hybridized carbons (Fsp3) is 0.0769. The summed E-state index contributed by atoms with van der Waals surface area (Å²) in [7, 11) is 0. The van der Waals surface area contributed by atoms with Gasteiger partial charge in [-0.25, -0.2) is 9.59 Å². The second-order valence-corrected chi connectivity index (χ2v) is 4.08. The lowest BCUT2D eigenvalue weighted by molar-refractivity contribution is -0.123. The number of nitrogens with two attached hydrogens (primary N) is 1. The monoisotopic (exact) mass is 289 g/mol. The second kappa shape index (κ2) is 5.87. The molecule has 8 nitrogen and oxygen atoms in total. The summed E-state index contributed by atoms with van der Waals surface area (Å²) in [6.07, 6.45) is 0. The maximum absolute atomic E-state index is 11.9. The Bertz CT molecular complexity index is 781. The number of carbonyl (C=O) groups is 3. The van der Waals surface area contributed by atoms with E-state index in [2.05, 4.69) is 4.98 Å². The second-order valence-electron chi connectivity index (χ2n) is 4.08. The molecule has 4 N–H and O–H groups in total. The predicted molar refractivity (Wildman–Crippen MR) is 72.6 cm³/mol. The zero-order valence-electron chi connectivity index (χ0n) is 10.7. The quantitative estimate of drug-likeness (QED) is 0.678. The first kappa shape index (κ1) is 14.3. The molecule has 0 aliphatic rings. The zero-order valence-corrected chi connectivity index (χ0v) is 10.7. The summed E-state index contributed by atoms with van der Waals surface area (Å²) in [5, 5.41) is 2.24. The van der Waals surface area contributed by atoms with Crippen molar-refractivity contribution in [3.8, 4) is 0 Å². The van der Waals surface area contributed by atoms with Gasteiger partial charge in [0, 0.05) is 17.0 Å². The summed E-state index contributed by atoms with van der Waals surface area (Å²) in [6.45, 7) is -0.678. The molecular weight excluding hydrogens is 278 g/mol. The molecule has 0 spiro atoms. The molecule has 0 saturated carbocycles. The minimum Gasteiger partial charge on any atom is -0.452 e. The van der Waals surface area contributed by atoms with Crippen LogP contribution >= 0.6 is 0 Å². The number of ether oxygens (including phenoxy) is 1. The number of aromatic nitrogens is 1. The van der Waals surface area contributed by atoms with E-state index >= 15 is 0 Å². The first-order valence-electron chi connectivity index (χ1n) is 5.86. The highest BCUT2D eigenvalue weighted by atomic mass is 16.5. The number of rotatable bonds is 3. The molecule has 0 atom stereocenters. The van der Waals surface area contributed by atoms with Crippen molar-refractivity contribution >= 4 is 28.8 Å². The maximum Gasteiger partial charge on any atom is 0.339 e. The molecule has 0 radical (unpaired) electrons. The number of fused-ring (bicyclic) bond motifs is 1. The summed E-state index contributed by atoms with van der Waals surface area (Å²) < 4.78 is 4.74. The van der Waals surface area contributed by atoms with Crippen molar-refractivity contribution in [2.24, 2.45) is 5.73 Å². The average Bonchev–Trinajstić information content (AvgIpc) is 2.43. The Morgan fingerprint density at radius 1 is 1.24 bits per heavy atom. The van der Waals surface area contributed by atoms with Gasteiger partial charge in [-0.2, -0.15) is 0 Å². The van der Waals surface area contributed by atoms with Crippen molar-refractivity contribution in [1.29, 1.82) is 0 Å². The van der Waals surface area contributed by atoms with Gasteiger partial charge < -0.3 is 15.5 Å². The van der Waals surface area contributed by atoms with Crippen LogP contribution in [0.5, 0.6) is 0 Å². The lowest BCUT2D eigenvalue weighted by Gasteiger charge is -2.06. The minimum atomic E-state index is -1.04. The fourth-order valence-corrected chi connectivity index (χ4v) is 1.76. The third-order valence-electron chi connectivity index (χ3n) is 2.57. The highest BCUT2D eigenvalue weighted by Gasteiger charge is 2.15. The van der Waals surface area contributed by atoms with E-state index in [0.29, 0.717) is 10.9 Å². The molecule has 1 aromatic heterocycles. The van der Waals surface area contributed by atoms with E-state index in [4.69, 9.17) is 10.5 Å². The average molecular weight is 289 g/mol. The van der Waals surface area contributed by atoms with E-state index in [9.17, 15) is 19.2 Å². The fourth-order valence-electron chi connectivity index (χ4n) is 1.76. The number of amides is 3. The molecule has 108 valence electrons. The number of H-pyrrole nitrogens is 1. The summed E-state index contributed by atoms with van der Waals surface area (Å²) in [5.74, 6) is -1.71. The predicted octanol–water partition coefficient (Wildman–Crippen LogP) is -0.120. The number of carbonyl (C=O) groups excluding carboxylic acids is 3. The van der Waals surface area contributed by atoms with Gasteiger partial charge >= 0.3 is 12.0 Å². The Kier molecular flexibility index (Phi) is 3.98. The number of hydrogen-bond donors (Lipinski definition) is 3. The van der Waals surface area contributed by atoms with Crippen molar-refractivity contribution in [1.82, 2.24) is 10.3 Å². The molecular formula is C13H11N3O5. The summed E-state index contributed by atoms with van der Waals surface area (Å²) in [6, 6.07) is 6.69. The number of primary amides is 1. The van der Waals surface area contributed by atoms with E-state index in [0.717, 1.165) is 6.07 Å². The van der Waals surface area contributed by atoms with Gasteiger partial charge in [0.05, 0.1) is 5.56 Å². The summed E-state index contributed by atoms with van der Waals surface area (Å²) >= 11 is 0. The Morgan fingerprint density at radius 3 is 2.67 bits per heavy atom. The van der Waals surface area contributed by atoms with Crippen LogP contribution in [0.15, 0.2) is 35.1 Å². The van der Waals surface area contributed by atoms with Gasteiger partial charge in [-0.1, -0.05) is 18.2 Å². The van der Waals surface area contributed by atoms with Crippen LogP contribution in [-0.2, 0) is 9.53 Å². The van der Waals surface area contributed by atoms with Gasteiger partial charge in [-0.15, -0.1) is 0 Å². The van der Waals surface area contributed by atoms with E-state index < -0.39 is 30.1 Å². The number of nitrogens with one attached hydrogen (secondary N) is 2. The Hall–Kier alpha value is -3.16. The summed E-state index contributed by atoms with van der Waals surface area (Å²) in [5.41, 5.74) is 4.78. The van der Waals surface area contributed by atoms with Crippen LogP contribution in [-0.4, -0.2) is 29.5 Å². The Morgan fingerprint density at radius 2 is 1.95 bits per heavy atom. The van der Waals surface area contributed by atoms with Crippen LogP contribution in [0.1, 0.15) is 10.4 Å². The van der Waals surface area contributed by atoms with Gasteiger partial charge in [-0.3, -0.25) is 14.9 Å². The smallest absolute Gasteiger partial charge is 0.339 e. The third kappa shape index (κ3) is 3.44. The largest absolute Gasteiger partial charge is 0.452 e. The Labute approximate surface area is 117 Å². The first-order chi connectivity index (χ1) is 9.97. The van der Waals surface area contributed by atoms with Crippen molar-refractivity contribution in [3.05, 3.63) is 46.2 Å². The molecule has 1 heterocycles. The van der Waals surface area contributed by atoms with Crippen LogP contribution in [0.4, 0.5) is 4.79 Å². The first-order valence-corrected chi connectivity index (χ1v) is 5.86. The van der Waals surface area contributed by atoms with Gasteiger partial charge in [0.25, 0.3) is 5.91 Å². The Balaban J connectivity index is 2.22. The van der Waals surface area contributed by atoms with Crippen LogP contribution in [0, 0.1) is 0 Å². The molecule has 0 aliphatic carbocycles. The van der Waals surface area contributed by atoms with Crippen LogP contribution in [0.2, 0.25) is 0 Å². The lowest BCUT2D eigenvalue weighted by Crippen LogP contribution is -2.37. The van der Waals surface area contributed by atoms with E-state index in [1.807, 2.05) is 0 Å². The molecule has 1 aromatic carbocycles. The normalized spacial score (nSPS) is 10.1. The third-order valence-corrected chi connectivity index (χ3v) is 2.57. The molecule has 8 heteroatoms. The maximum atomic E-state index is 11.9. The van der Waals surface area contributed by atoms with E-state index in [-0.39, 0.29) is 5.56 Å². The van der Waals surface area contributed by atoms with Crippen molar-refractivity contribution < 1.29 is 19.1 Å². The van der Waals surface area contributed by atoms with Gasteiger partial charge in [-0.05, 0) is 6.07 Å². The lowest BCUT2D eigenvalue weighted by atomic mass is 10.1. The molecule has 0 unspecified atom stereocenters.